The summed E-state index contributed by atoms with van der Waals surface area (Å²) in [5.41, 5.74) is 1.20. The largest absolute Gasteiger partial charge is 0.300 e. The van der Waals surface area contributed by atoms with Crippen molar-refractivity contribution >= 4 is 0 Å². The van der Waals surface area contributed by atoms with Crippen LogP contribution in [-0.2, 0) is 13.0 Å². The van der Waals surface area contributed by atoms with E-state index >= 15 is 0 Å². The average Bonchev–Trinajstić information content (AvgIpc) is 3.06. The summed E-state index contributed by atoms with van der Waals surface area (Å²) in [6.07, 6.45) is 12.1. The summed E-state index contributed by atoms with van der Waals surface area (Å²) in [6.45, 7) is 3.38. The average molecular weight is 284 g/mol. The first-order valence-electron chi connectivity index (χ1n) is 8.03. The van der Waals surface area contributed by atoms with Crippen LogP contribution in [0.2, 0.25) is 0 Å². The van der Waals surface area contributed by atoms with Gasteiger partial charge in [-0.05, 0) is 44.0 Å². The van der Waals surface area contributed by atoms with Crippen LogP contribution in [0.25, 0.3) is 0 Å². The van der Waals surface area contributed by atoms with Gasteiger partial charge in [-0.3, -0.25) is 14.6 Å². The van der Waals surface area contributed by atoms with Crippen molar-refractivity contribution in [1.82, 2.24) is 19.7 Å². The van der Waals surface area contributed by atoms with E-state index in [0.717, 1.165) is 19.5 Å². The summed E-state index contributed by atoms with van der Waals surface area (Å²) in [6, 6.07) is 8.89. The van der Waals surface area contributed by atoms with Gasteiger partial charge in [-0.15, -0.1) is 0 Å². The molecule has 1 saturated heterocycles. The monoisotopic (exact) mass is 284 g/mol. The van der Waals surface area contributed by atoms with Gasteiger partial charge < -0.3 is 0 Å². The number of likely N-dealkylation sites (tertiary alicyclic amines) is 1. The maximum Gasteiger partial charge on any atom is 0.0489 e. The quantitative estimate of drug-likeness (QED) is 0.818. The molecule has 1 aliphatic heterocycles. The van der Waals surface area contributed by atoms with E-state index < -0.39 is 0 Å². The highest BCUT2D eigenvalue weighted by Gasteiger charge is 2.21. The molecule has 0 aromatic carbocycles. The van der Waals surface area contributed by atoms with Gasteiger partial charge in [0, 0.05) is 49.8 Å². The molecule has 2 aromatic heterocycles. The maximum absolute atomic E-state index is 4.43. The van der Waals surface area contributed by atoms with Gasteiger partial charge in [-0.2, -0.15) is 5.10 Å². The number of aromatic nitrogens is 3. The fraction of sp³-hybridized carbons (Fsp3) is 0.529. The molecule has 0 spiro atoms. The van der Waals surface area contributed by atoms with E-state index in [-0.39, 0.29) is 0 Å². The lowest BCUT2D eigenvalue weighted by atomic mass is 9.99. The standard InChI is InChI=1S/C17H24N4/c1-3-10-18-16(6-1)8-14-20-12-4-2-7-17(20)9-15-21-13-5-11-19-21/h1,3,5-6,10-11,13,17H,2,4,7-9,12,14-15H2/t17-/m0/s1. The first-order chi connectivity index (χ1) is 10.4. The van der Waals surface area contributed by atoms with E-state index in [0.29, 0.717) is 6.04 Å². The lowest BCUT2D eigenvalue weighted by molar-refractivity contribution is 0.136. The summed E-state index contributed by atoms with van der Waals surface area (Å²) in [4.78, 5) is 7.09. The van der Waals surface area contributed by atoms with E-state index in [9.17, 15) is 0 Å². The van der Waals surface area contributed by atoms with Gasteiger partial charge in [0.15, 0.2) is 0 Å². The molecule has 21 heavy (non-hydrogen) atoms. The Morgan fingerprint density at radius 1 is 1.10 bits per heavy atom. The highest BCUT2D eigenvalue weighted by molar-refractivity contribution is 5.04. The second kappa shape index (κ2) is 7.36. The Bertz CT molecular complexity index is 509. The van der Waals surface area contributed by atoms with E-state index in [4.69, 9.17) is 0 Å². The van der Waals surface area contributed by atoms with Crippen LogP contribution in [0.1, 0.15) is 31.4 Å². The zero-order valence-electron chi connectivity index (χ0n) is 12.6. The summed E-state index contributed by atoms with van der Waals surface area (Å²) >= 11 is 0. The number of hydrogen-bond acceptors (Lipinski definition) is 3. The highest BCUT2D eigenvalue weighted by Crippen LogP contribution is 2.20. The third kappa shape index (κ3) is 4.14. The van der Waals surface area contributed by atoms with Crippen LogP contribution in [0, 0.1) is 0 Å². The lowest BCUT2D eigenvalue weighted by Crippen LogP contribution is -2.41. The molecule has 112 valence electrons. The van der Waals surface area contributed by atoms with Crippen molar-refractivity contribution in [3.05, 3.63) is 48.5 Å². The van der Waals surface area contributed by atoms with Crippen molar-refractivity contribution in [3.63, 3.8) is 0 Å². The van der Waals surface area contributed by atoms with Crippen LogP contribution >= 0.6 is 0 Å². The van der Waals surface area contributed by atoms with Gasteiger partial charge in [0.05, 0.1) is 0 Å². The molecule has 4 nitrogen and oxygen atoms in total. The molecule has 0 aliphatic carbocycles. The molecule has 0 saturated carbocycles. The molecule has 0 unspecified atom stereocenters. The van der Waals surface area contributed by atoms with Gasteiger partial charge in [0.2, 0.25) is 0 Å². The Hall–Kier alpha value is -1.68. The van der Waals surface area contributed by atoms with Gasteiger partial charge in [0.25, 0.3) is 0 Å². The Labute approximate surface area is 126 Å². The first kappa shape index (κ1) is 14.3. The number of pyridine rings is 1. The predicted molar refractivity (Wildman–Crippen MR) is 84.0 cm³/mol. The molecule has 0 N–H and O–H groups in total. The Kier molecular flexibility index (Phi) is 5.00. The normalized spacial score (nSPS) is 19.7. The molecule has 2 aromatic rings. The van der Waals surface area contributed by atoms with E-state index in [1.807, 2.05) is 29.2 Å². The SMILES string of the molecule is c1ccc(CCN2CCCC[C@H]2CCn2cccn2)nc1. The second-order valence-electron chi connectivity index (χ2n) is 5.81. The smallest absolute Gasteiger partial charge is 0.0489 e. The molecule has 0 radical (unpaired) electrons. The Morgan fingerprint density at radius 2 is 2.10 bits per heavy atom. The molecule has 1 atom stereocenters. The van der Waals surface area contributed by atoms with Crippen LogP contribution < -0.4 is 0 Å². The minimum absolute atomic E-state index is 0.701. The van der Waals surface area contributed by atoms with Crippen LogP contribution in [0.15, 0.2) is 42.9 Å². The van der Waals surface area contributed by atoms with Crippen molar-refractivity contribution < 1.29 is 0 Å². The van der Waals surface area contributed by atoms with Gasteiger partial charge >= 0.3 is 0 Å². The van der Waals surface area contributed by atoms with Gasteiger partial charge in [-0.1, -0.05) is 12.5 Å². The molecule has 1 aliphatic rings. The summed E-state index contributed by atoms with van der Waals surface area (Å²) in [5.74, 6) is 0. The van der Waals surface area contributed by atoms with Crippen molar-refractivity contribution in [1.29, 1.82) is 0 Å². The van der Waals surface area contributed by atoms with Crippen molar-refractivity contribution in [2.24, 2.45) is 0 Å². The lowest BCUT2D eigenvalue weighted by Gasteiger charge is -2.35. The minimum Gasteiger partial charge on any atom is -0.300 e. The number of piperidine rings is 1. The van der Waals surface area contributed by atoms with E-state index in [2.05, 4.69) is 33.3 Å². The van der Waals surface area contributed by atoms with E-state index in [1.165, 1.54) is 37.9 Å². The second-order valence-corrected chi connectivity index (χ2v) is 5.81. The number of aryl methyl sites for hydroxylation is 1. The molecule has 3 heterocycles. The zero-order chi connectivity index (χ0) is 14.3. The molecule has 0 amide bonds. The number of rotatable bonds is 6. The fourth-order valence-corrected chi connectivity index (χ4v) is 3.20. The minimum atomic E-state index is 0.701. The number of nitrogens with zero attached hydrogens (tertiary/aromatic N) is 4. The van der Waals surface area contributed by atoms with Gasteiger partial charge in [-0.25, -0.2) is 0 Å². The summed E-state index contributed by atoms with van der Waals surface area (Å²) < 4.78 is 2.05. The molecular weight excluding hydrogens is 260 g/mol. The van der Waals surface area contributed by atoms with Crippen LogP contribution in [0.3, 0.4) is 0 Å². The summed E-state index contributed by atoms with van der Waals surface area (Å²) in [7, 11) is 0. The Morgan fingerprint density at radius 3 is 2.90 bits per heavy atom. The van der Waals surface area contributed by atoms with Crippen LogP contribution in [0.5, 0.6) is 0 Å². The topological polar surface area (TPSA) is 34.0 Å². The fourth-order valence-electron chi connectivity index (χ4n) is 3.20. The molecule has 4 heteroatoms. The molecule has 0 bridgehead atoms. The van der Waals surface area contributed by atoms with E-state index in [1.54, 1.807) is 0 Å². The van der Waals surface area contributed by atoms with Crippen molar-refractivity contribution in [3.8, 4) is 0 Å². The van der Waals surface area contributed by atoms with Crippen molar-refractivity contribution in [2.45, 2.75) is 44.7 Å². The molecular formula is C17H24N4. The van der Waals surface area contributed by atoms with Gasteiger partial charge in [0.1, 0.15) is 0 Å². The highest BCUT2D eigenvalue weighted by atomic mass is 15.3. The third-order valence-electron chi connectivity index (χ3n) is 4.38. The van der Waals surface area contributed by atoms with Crippen LogP contribution in [-0.4, -0.2) is 38.8 Å². The maximum atomic E-state index is 4.43. The van der Waals surface area contributed by atoms with Crippen molar-refractivity contribution in [2.75, 3.05) is 13.1 Å². The predicted octanol–water partition coefficient (Wildman–Crippen LogP) is 2.77. The molecule has 1 fully saturated rings. The third-order valence-corrected chi connectivity index (χ3v) is 4.38. The Balaban J connectivity index is 1.51. The number of hydrogen-bond donors (Lipinski definition) is 0. The van der Waals surface area contributed by atoms with Crippen LogP contribution in [0.4, 0.5) is 0 Å². The summed E-state index contributed by atoms with van der Waals surface area (Å²) in [5, 5.41) is 4.31. The first-order valence-corrected chi connectivity index (χ1v) is 8.03. The molecule has 3 rings (SSSR count). The zero-order valence-corrected chi connectivity index (χ0v) is 12.6.